The van der Waals surface area contributed by atoms with Gasteiger partial charge < -0.3 is 9.47 Å². The monoisotopic (exact) mass is 513 g/mol. The van der Waals surface area contributed by atoms with Gasteiger partial charge in [-0.25, -0.2) is 27.8 Å². The third-order valence-electron chi connectivity index (χ3n) is 5.35. The van der Waals surface area contributed by atoms with Crippen molar-refractivity contribution < 1.29 is 22.3 Å². The molecule has 3 heterocycles. The highest BCUT2D eigenvalue weighted by atomic mass is 32.2. The second kappa shape index (κ2) is 10.3. The maximum atomic E-state index is 14.1. The van der Waals surface area contributed by atoms with Crippen molar-refractivity contribution in [3.63, 3.8) is 0 Å². The van der Waals surface area contributed by atoms with Crippen LogP contribution in [0, 0.1) is 12.7 Å². The molecule has 1 N–H and O–H groups in total. The fourth-order valence-electron chi connectivity index (χ4n) is 3.47. The Hall–Kier alpha value is -3.97. The molecule has 36 heavy (non-hydrogen) atoms. The average molecular weight is 514 g/mol. The summed E-state index contributed by atoms with van der Waals surface area (Å²) in [6.07, 6.45) is 2.19. The van der Waals surface area contributed by atoms with E-state index in [9.17, 15) is 12.8 Å². The third-order valence-corrected chi connectivity index (χ3v) is 7.04. The molecular weight excluding hydrogens is 489 g/mol. The minimum Gasteiger partial charge on any atom is -0.481 e. The van der Waals surface area contributed by atoms with Gasteiger partial charge in [0.25, 0.3) is 0 Å². The van der Waals surface area contributed by atoms with Gasteiger partial charge in [0.05, 0.1) is 12.8 Å². The Morgan fingerprint density at radius 1 is 1.06 bits per heavy atom. The second-order valence-corrected chi connectivity index (χ2v) is 9.89. The van der Waals surface area contributed by atoms with Crippen LogP contribution in [-0.4, -0.2) is 57.6 Å². The zero-order chi connectivity index (χ0) is 25.9. The number of rotatable bonds is 9. The van der Waals surface area contributed by atoms with E-state index in [1.54, 1.807) is 36.7 Å². The summed E-state index contributed by atoms with van der Waals surface area (Å²) in [6, 6.07) is 10.6. The van der Waals surface area contributed by atoms with E-state index in [0.29, 0.717) is 11.6 Å². The average Bonchev–Trinajstić information content (AvgIpc) is 3.28. The minimum absolute atomic E-state index is 0.160. The lowest BCUT2D eigenvalue weighted by atomic mass is 10.2. The molecule has 4 aromatic rings. The number of methoxy groups -OCH3 is 2. The topological polar surface area (TPSA) is 134 Å². The molecule has 2 atom stereocenters. The first kappa shape index (κ1) is 25.1. The molecule has 11 nitrogen and oxygen atoms in total. The van der Waals surface area contributed by atoms with E-state index in [0.717, 1.165) is 5.56 Å². The molecule has 0 saturated carbocycles. The Labute approximate surface area is 207 Å². The Bertz CT molecular complexity index is 1460. The van der Waals surface area contributed by atoms with Gasteiger partial charge >= 0.3 is 0 Å². The Balaban J connectivity index is 1.76. The largest absolute Gasteiger partial charge is 0.481 e. The first-order valence-electron chi connectivity index (χ1n) is 10.8. The molecule has 0 fully saturated rings. The molecule has 188 valence electrons. The molecule has 0 unspecified atom stereocenters. The van der Waals surface area contributed by atoms with Gasteiger partial charge in [0.15, 0.2) is 11.6 Å². The molecule has 0 spiro atoms. The molecule has 0 aliphatic carbocycles. The predicted octanol–water partition coefficient (Wildman–Crippen LogP) is 3.09. The number of nitrogens with one attached hydrogen (secondary N) is 1. The van der Waals surface area contributed by atoms with E-state index in [1.807, 2.05) is 6.92 Å². The van der Waals surface area contributed by atoms with Crippen LogP contribution in [0.2, 0.25) is 0 Å². The molecule has 0 radical (unpaired) electrons. The molecule has 13 heteroatoms. The summed E-state index contributed by atoms with van der Waals surface area (Å²) < 4.78 is 55.4. The van der Waals surface area contributed by atoms with Crippen LogP contribution >= 0.6 is 0 Å². The van der Waals surface area contributed by atoms with Crippen LogP contribution in [0.1, 0.15) is 24.4 Å². The molecule has 4 rings (SSSR count). The molecule has 0 aliphatic heterocycles. The number of aromatic nitrogens is 6. The van der Waals surface area contributed by atoms with E-state index < -0.39 is 27.2 Å². The van der Waals surface area contributed by atoms with Crippen molar-refractivity contribution in [2.75, 3.05) is 18.9 Å². The quantitative estimate of drug-likeness (QED) is 0.358. The van der Waals surface area contributed by atoms with Crippen molar-refractivity contribution in [2.24, 2.45) is 0 Å². The Morgan fingerprint density at radius 2 is 1.78 bits per heavy atom. The summed E-state index contributed by atoms with van der Waals surface area (Å²) in [5, 5.41) is 7.05. The molecule has 0 amide bonds. The molecule has 3 aromatic heterocycles. The van der Waals surface area contributed by atoms with Crippen LogP contribution in [-0.2, 0) is 14.8 Å². The summed E-state index contributed by atoms with van der Waals surface area (Å²) in [7, 11) is -1.28. The standard InChI is InChI=1S/C23H24FN7O4S/c1-14-12-25-21(26-13-14)20(35-4)15(2)36(32,33)30-23-29-28-22(18-9-6-10-19(27-18)34-3)31(23)17-8-5-7-16(24)11-17/h5-13,15,20H,1-4H3,(H,29,30)/t15-,20-/m0/s1. The van der Waals surface area contributed by atoms with Crippen LogP contribution in [0.5, 0.6) is 5.88 Å². The first-order valence-corrected chi connectivity index (χ1v) is 12.3. The number of ether oxygens (including phenoxy) is 2. The fourth-order valence-corrected chi connectivity index (χ4v) is 4.60. The molecule has 0 bridgehead atoms. The maximum absolute atomic E-state index is 14.1. The van der Waals surface area contributed by atoms with E-state index in [-0.39, 0.29) is 23.3 Å². The van der Waals surface area contributed by atoms with Gasteiger partial charge in [-0.3, -0.25) is 9.29 Å². The summed E-state index contributed by atoms with van der Waals surface area (Å²) in [5.41, 5.74) is 1.45. The Morgan fingerprint density at radius 3 is 2.44 bits per heavy atom. The lowest BCUT2D eigenvalue weighted by Crippen LogP contribution is -2.33. The number of hydrogen-bond donors (Lipinski definition) is 1. The SMILES string of the molecule is COc1cccc(-c2nnc(NS(=O)(=O)[C@@H](C)[C@H](OC)c3ncc(C)cn3)n2-c2cccc(F)c2)n1. The third kappa shape index (κ3) is 5.16. The number of halogens is 1. The smallest absolute Gasteiger partial charge is 0.243 e. The number of nitrogens with zero attached hydrogens (tertiary/aromatic N) is 6. The summed E-state index contributed by atoms with van der Waals surface area (Å²) in [4.78, 5) is 12.8. The van der Waals surface area contributed by atoms with Crippen molar-refractivity contribution in [3.05, 3.63) is 72.1 Å². The van der Waals surface area contributed by atoms with Gasteiger partial charge in [-0.15, -0.1) is 10.2 Å². The number of pyridine rings is 1. The summed E-state index contributed by atoms with van der Waals surface area (Å²) >= 11 is 0. The van der Waals surface area contributed by atoms with Gasteiger partial charge in [0.2, 0.25) is 21.9 Å². The lowest BCUT2D eigenvalue weighted by Gasteiger charge is -2.22. The van der Waals surface area contributed by atoms with Crippen LogP contribution in [0.3, 0.4) is 0 Å². The number of aryl methyl sites for hydroxylation is 1. The fraction of sp³-hybridized carbons (Fsp3) is 0.261. The van der Waals surface area contributed by atoms with Gasteiger partial charge in [-0.2, -0.15) is 0 Å². The molecule has 0 saturated heterocycles. The number of benzene rings is 1. The van der Waals surface area contributed by atoms with E-state index in [2.05, 4.69) is 29.9 Å². The van der Waals surface area contributed by atoms with Gasteiger partial charge in [-0.1, -0.05) is 12.1 Å². The highest BCUT2D eigenvalue weighted by Crippen LogP contribution is 2.29. The summed E-state index contributed by atoms with van der Waals surface area (Å²) in [6.45, 7) is 3.29. The van der Waals surface area contributed by atoms with Crippen molar-refractivity contribution in [3.8, 4) is 23.1 Å². The van der Waals surface area contributed by atoms with Gasteiger partial charge in [-0.05, 0) is 43.7 Å². The second-order valence-electron chi connectivity index (χ2n) is 7.85. The predicted molar refractivity (Wildman–Crippen MR) is 130 cm³/mol. The molecule has 1 aromatic carbocycles. The van der Waals surface area contributed by atoms with Crippen molar-refractivity contribution in [1.82, 2.24) is 29.7 Å². The van der Waals surface area contributed by atoms with Crippen LogP contribution in [0.4, 0.5) is 10.3 Å². The number of sulfonamides is 1. The van der Waals surface area contributed by atoms with E-state index in [1.165, 1.54) is 43.9 Å². The zero-order valence-electron chi connectivity index (χ0n) is 20.0. The van der Waals surface area contributed by atoms with Crippen molar-refractivity contribution in [1.29, 1.82) is 0 Å². The highest BCUT2D eigenvalue weighted by Gasteiger charge is 2.34. The van der Waals surface area contributed by atoms with E-state index in [4.69, 9.17) is 9.47 Å². The highest BCUT2D eigenvalue weighted by molar-refractivity contribution is 7.93. The van der Waals surface area contributed by atoms with Crippen LogP contribution in [0.25, 0.3) is 17.2 Å². The lowest BCUT2D eigenvalue weighted by molar-refractivity contribution is 0.0949. The van der Waals surface area contributed by atoms with Crippen molar-refractivity contribution >= 4 is 16.0 Å². The zero-order valence-corrected chi connectivity index (χ0v) is 20.8. The number of hydrogen-bond acceptors (Lipinski definition) is 9. The van der Waals surface area contributed by atoms with Crippen LogP contribution in [0.15, 0.2) is 54.9 Å². The number of anilines is 1. The minimum atomic E-state index is -4.12. The van der Waals surface area contributed by atoms with Crippen molar-refractivity contribution in [2.45, 2.75) is 25.2 Å². The first-order chi connectivity index (χ1) is 17.2. The summed E-state index contributed by atoms with van der Waals surface area (Å²) in [5.74, 6) is 0.0255. The van der Waals surface area contributed by atoms with Gasteiger partial charge in [0, 0.05) is 25.6 Å². The van der Waals surface area contributed by atoms with Gasteiger partial charge in [0.1, 0.15) is 22.9 Å². The van der Waals surface area contributed by atoms with E-state index >= 15 is 0 Å². The van der Waals surface area contributed by atoms with Crippen LogP contribution < -0.4 is 9.46 Å². The molecular formula is C23H24FN7O4S. The maximum Gasteiger partial charge on any atom is 0.243 e. The Kier molecular flexibility index (Phi) is 7.22. The normalized spacial score (nSPS) is 13.2. The molecule has 0 aliphatic rings.